The fourth-order valence-electron chi connectivity index (χ4n) is 3.11. The maximum atomic E-state index is 12.6. The largest absolute Gasteiger partial charge is 0.337 e. The number of nitrogens with zero attached hydrogens (tertiary/aromatic N) is 3. The molecule has 0 radical (unpaired) electrons. The lowest BCUT2D eigenvalue weighted by Crippen LogP contribution is -2.47. The van der Waals surface area contributed by atoms with Crippen LogP contribution in [-0.2, 0) is 10.0 Å². The van der Waals surface area contributed by atoms with Crippen molar-refractivity contribution in [3.05, 3.63) is 29.8 Å². The Balaban J connectivity index is 1.71. The second kappa shape index (κ2) is 6.52. The summed E-state index contributed by atoms with van der Waals surface area (Å²) < 4.78 is 23.1. The topological polar surface area (TPSA) is 96.1 Å². The smallest absolute Gasteiger partial charge is 0.253 e. The molecule has 0 bridgehead atoms. The van der Waals surface area contributed by atoms with Gasteiger partial charge in [0.05, 0.1) is 10.9 Å². The summed E-state index contributed by atoms with van der Waals surface area (Å²) in [4.78, 5) is 14.2. The standard InChI is InChI=1S/C16H22N4O3S/c1-12-8-10-20(18-12)14-6-4-13(5-7-14)16(21)19-9-2-3-15(11-19)24(17,22)23/h4-7,15H,2-3,8-11H2,1H3,(H2,17,22,23). The minimum absolute atomic E-state index is 0.156. The van der Waals surface area contributed by atoms with Crippen LogP contribution in [0.2, 0.25) is 0 Å². The molecule has 2 aliphatic heterocycles. The molecule has 1 atom stereocenters. The number of likely N-dealkylation sites (tertiary alicyclic amines) is 1. The number of sulfonamides is 1. The van der Waals surface area contributed by atoms with Crippen LogP contribution in [-0.4, -0.2) is 49.8 Å². The SMILES string of the molecule is CC1=NN(c2ccc(C(=O)N3CCCC(S(N)(=O)=O)C3)cc2)CC1. The van der Waals surface area contributed by atoms with Crippen molar-refractivity contribution in [2.45, 2.75) is 31.4 Å². The normalized spacial score (nSPS) is 21.8. The molecular weight excluding hydrogens is 328 g/mol. The Labute approximate surface area is 142 Å². The Hall–Kier alpha value is -1.93. The average Bonchev–Trinajstić information content (AvgIpc) is 3.00. The summed E-state index contributed by atoms with van der Waals surface area (Å²) in [5.74, 6) is -0.156. The van der Waals surface area contributed by atoms with E-state index in [1.807, 2.05) is 24.1 Å². The number of benzene rings is 1. The number of hydrazone groups is 1. The Bertz CT molecular complexity index is 758. The van der Waals surface area contributed by atoms with E-state index in [9.17, 15) is 13.2 Å². The van der Waals surface area contributed by atoms with Gasteiger partial charge in [-0.3, -0.25) is 9.80 Å². The molecule has 2 aliphatic rings. The highest BCUT2D eigenvalue weighted by Crippen LogP contribution is 2.22. The van der Waals surface area contributed by atoms with Crippen LogP contribution < -0.4 is 10.1 Å². The third-order valence-electron chi connectivity index (χ3n) is 4.52. The maximum absolute atomic E-state index is 12.6. The number of piperidine rings is 1. The van der Waals surface area contributed by atoms with Crippen molar-refractivity contribution in [1.82, 2.24) is 4.90 Å². The lowest BCUT2D eigenvalue weighted by atomic mass is 10.1. The lowest BCUT2D eigenvalue weighted by molar-refractivity contribution is 0.0727. The molecule has 1 saturated heterocycles. The predicted molar refractivity (Wildman–Crippen MR) is 93.5 cm³/mol. The summed E-state index contributed by atoms with van der Waals surface area (Å²) in [7, 11) is -3.61. The first-order valence-corrected chi connectivity index (χ1v) is 9.68. The molecule has 0 aliphatic carbocycles. The van der Waals surface area contributed by atoms with Gasteiger partial charge >= 0.3 is 0 Å². The highest BCUT2D eigenvalue weighted by atomic mass is 32.2. The molecular formula is C16H22N4O3S. The van der Waals surface area contributed by atoms with E-state index in [1.54, 1.807) is 17.0 Å². The first-order chi connectivity index (χ1) is 11.3. The van der Waals surface area contributed by atoms with Gasteiger partial charge in [0, 0.05) is 37.3 Å². The fourth-order valence-corrected chi connectivity index (χ4v) is 3.99. The number of amides is 1. The second-order valence-corrected chi connectivity index (χ2v) is 8.20. The van der Waals surface area contributed by atoms with Crippen molar-refractivity contribution in [2.75, 3.05) is 24.6 Å². The molecule has 0 aromatic heterocycles. The summed E-state index contributed by atoms with van der Waals surface area (Å²) in [5, 5.41) is 10.9. The van der Waals surface area contributed by atoms with Gasteiger partial charge in [-0.1, -0.05) is 0 Å². The minimum Gasteiger partial charge on any atom is -0.337 e. The Morgan fingerprint density at radius 2 is 1.96 bits per heavy atom. The van der Waals surface area contributed by atoms with Gasteiger partial charge in [0.1, 0.15) is 0 Å². The van der Waals surface area contributed by atoms with Gasteiger partial charge in [0.2, 0.25) is 10.0 Å². The summed E-state index contributed by atoms with van der Waals surface area (Å²) in [6.07, 6.45) is 2.10. The Kier molecular flexibility index (Phi) is 4.60. The van der Waals surface area contributed by atoms with Crippen molar-refractivity contribution >= 4 is 27.3 Å². The Morgan fingerprint density at radius 1 is 1.25 bits per heavy atom. The van der Waals surface area contributed by atoms with Gasteiger partial charge in [-0.05, 0) is 44.0 Å². The molecule has 1 amide bonds. The number of carbonyl (C=O) groups is 1. The van der Waals surface area contributed by atoms with Crippen LogP contribution in [0.25, 0.3) is 0 Å². The number of hydrogen-bond donors (Lipinski definition) is 1. The molecule has 0 spiro atoms. The second-order valence-electron chi connectivity index (χ2n) is 6.36. The van der Waals surface area contributed by atoms with E-state index in [4.69, 9.17) is 5.14 Å². The molecule has 2 N–H and O–H groups in total. The number of rotatable bonds is 3. The zero-order chi connectivity index (χ0) is 17.3. The predicted octanol–water partition coefficient (Wildman–Crippen LogP) is 1.17. The molecule has 24 heavy (non-hydrogen) atoms. The molecule has 130 valence electrons. The number of hydrogen-bond acceptors (Lipinski definition) is 5. The third kappa shape index (κ3) is 3.59. The van der Waals surface area contributed by atoms with E-state index < -0.39 is 15.3 Å². The minimum atomic E-state index is -3.61. The van der Waals surface area contributed by atoms with Gasteiger partial charge in [-0.15, -0.1) is 0 Å². The van der Waals surface area contributed by atoms with Crippen molar-refractivity contribution in [2.24, 2.45) is 10.2 Å². The van der Waals surface area contributed by atoms with Crippen molar-refractivity contribution < 1.29 is 13.2 Å². The maximum Gasteiger partial charge on any atom is 0.253 e. The molecule has 7 nitrogen and oxygen atoms in total. The van der Waals surface area contributed by atoms with Gasteiger partial charge in [-0.25, -0.2) is 13.6 Å². The van der Waals surface area contributed by atoms with Crippen LogP contribution in [0.4, 0.5) is 5.69 Å². The average molecular weight is 350 g/mol. The number of carbonyl (C=O) groups excluding carboxylic acids is 1. The molecule has 1 aromatic carbocycles. The first kappa shape index (κ1) is 16.9. The van der Waals surface area contributed by atoms with Gasteiger partial charge in [-0.2, -0.15) is 5.10 Å². The van der Waals surface area contributed by atoms with Crippen LogP contribution in [0.15, 0.2) is 29.4 Å². The van der Waals surface area contributed by atoms with Gasteiger partial charge in [0.15, 0.2) is 0 Å². The Morgan fingerprint density at radius 3 is 2.54 bits per heavy atom. The van der Waals surface area contributed by atoms with Gasteiger partial charge in [0.25, 0.3) is 5.91 Å². The van der Waals surface area contributed by atoms with Crippen molar-refractivity contribution in [1.29, 1.82) is 0 Å². The van der Waals surface area contributed by atoms with Gasteiger partial charge < -0.3 is 4.90 Å². The highest BCUT2D eigenvalue weighted by Gasteiger charge is 2.30. The van der Waals surface area contributed by atoms with Crippen molar-refractivity contribution in [3.63, 3.8) is 0 Å². The summed E-state index contributed by atoms with van der Waals surface area (Å²) in [5.41, 5.74) is 2.59. The molecule has 0 saturated carbocycles. The molecule has 1 fully saturated rings. The molecule has 1 aromatic rings. The summed E-state index contributed by atoms with van der Waals surface area (Å²) >= 11 is 0. The first-order valence-electron chi connectivity index (χ1n) is 8.07. The number of nitrogens with two attached hydrogens (primary N) is 1. The molecule has 3 rings (SSSR count). The summed E-state index contributed by atoms with van der Waals surface area (Å²) in [6.45, 7) is 3.56. The molecule has 8 heteroatoms. The number of anilines is 1. The summed E-state index contributed by atoms with van der Waals surface area (Å²) in [6, 6.07) is 7.27. The van der Waals surface area contributed by atoms with E-state index >= 15 is 0 Å². The zero-order valence-corrected chi connectivity index (χ0v) is 14.5. The van der Waals surface area contributed by atoms with Crippen LogP contribution in [0.3, 0.4) is 0 Å². The molecule has 1 unspecified atom stereocenters. The third-order valence-corrected chi connectivity index (χ3v) is 5.83. The van der Waals surface area contributed by atoms with E-state index in [0.29, 0.717) is 24.9 Å². The van der Waals surface area contributed by atoms with E-state index in [1.165, 1.54) is 0 Å². The zero-order valence-electron chi connectivity index (χ0n) is 13.7. The fraction of sp³-hybridized carbons (Fsp3) is 0.500. The lowest BCUT2D eigenvalue weighted by Gasteiger charge is -2.31. The quantitative estimate of drug-likeness (QED) is 0.885. The van der Waals surface area contributed by atoms with Crippen molar-refractivity contribution in [3.8, 4) is 0 Å². The van der Waals surface area contributed by atoms with E-state index in [-0.39, 0.29) is 12.5 Å². The van der Waals surface area contributed by atoms with E-state index in [2.05, 4.69) is 5.10 Å². The van der Waals surface area contributed by atoms with Crippen LogP contribution in [0.5, 0.6) is 0 Å². The molecule has 2 heterocycles. The van der Waals surface area contributed by atoms with Crippen LogP contribution in [0.1, 0.15) is 36.5 Å². The number of primary sulfonamides is 1. The van der Waals surface area contributed by atoms with E-state index in [0.717, 1.165) is 24.4 Å². The van der Waals surface area contributed by atoms with Crippen LogP contribution in [0, 0.1) is 0 Å². The van der Waals surface area contributed by atoms with Crippen LogP contribution >= 0.6 is 0 Å². The monoisotopic (exact) mass is 350 g/mol. The highest BCUT2D eigenvalue weighted by molar-refractivity contribution is 7.89.